The molecule has 0 spiro atoms. The second-order valence-electron chi connectivity index (χ2n) is 5.62. The zero-order valence-corrected chi connectivity index (χ0v) is 15.3. The molecular weight excluding hydrogens is 382 g/mol. The highest BCUT2D eigenvalue weighted by molar-refractivity contribution is 8.14. The van der Waals surface area contributed by atoms with Crippen molar-refractivity contribution in [1.82, 2.24) is 4.90 Å². The lowest BCUT2D eigenvalue weighted by molar-refractivity contribution is -0.0498. The van der Waals surface area contributed by atoms with E-state index in [1.165, 1.54) is 36.0 Å². The van der Waals surface area contributed by atoms with Gasteiger partial charge in [-0.2, -0.15) is 8.78 Å². The summed E-state index contributed by atoms with van der Waals surface area (Å²) in [6, 6.07) is 12.6. The number of thioether (sulfide) groups is 1. The third-order valence-electron chi connectivity index (χ3n) is 3.60. The molecular formula is C18H15ClF2N2O2S. The van der Waals surface area contributed by atoms with Gasteiger partial charge >= 0.3 is 6.61 Å². The number of alkyl halides is 2. The molecule has 26 heavy (non-hydrogen) atoms. The second kappa shape index (κ2) is 8.05. The summed E-state index contributed by atoms with van der Waals surface area (Å²) in [6.07, 6.45) is 0. The van der Waals surface area contributed by atoms with Gasteiger partial charge in [0.25, 0.3) is 5.91 Å². The first kappa shape index (κ1) is 18.7. The molecule has 0 bridgehead atoms. The molecule has 0 aliphatic carbocycles. The molecule has 136 valence electrons. The van der Waals surface area contributed by atoms with Gasteiger partial charge in [-0.3, -0.25) is 9.69 Å². The highest BCUT2D eigenvalue weighted by Gasteiger charge is 2.31. The maximum absolute atomic E-state index is 12.8. The highest BCUT2D eigenvalue weighted by Crippen LogP contribution is 2.30. The number of nitrogens with zero attached hydrogens (tertiary/aromatic N) is 2. The smallest absolute Gasteiger partial charge is 0.387 e. The number of ether oxygens (including phenoxy) is 1. The number of amides is 1. The first-order valence-corrected chi connectivity index (χ1v) is 9.06. The standard InChI is InChI=1S/C18H15ClF2N2O2S/c1-11-10-23(18(26-11)22-14-6-4-13(19)5-7-14)16(24)12-2-8-15(9-3-12)25-17(20)21/h2-9,11,17H,10H2,1H3/t11-/m0/s1. The van der Waals surface area contributed by atoms with E-state index in [1.54, 1.807) is 29.2 Å². The van der Waals surface area contributed by atoms with Gasteiger partial charge in [0, 0.05) is 22.4 Å². The Morgan fingerprint density at radius 3 is 2.50 bits per heavy atom. The van der Waals surface area contributed by atoms with Crippen LogP contribution in [0.2, 0.25) is 5.02 Å². The maximum Gasteiger partial charge on any atom is 0.387 e. The normalized spacial score (nSPS) is 18.6. The molecule has 1 saturated heterocycles. The van der Waals surface area contributed by atoms with Crippen molar-refractivity contribution in [2.45, 2.75) is 18.8 Å². The lowest BCUT2D eigenvalue weighted by atomic mass is 10.2. The van der Waals surface area contributed by atoms with Gasteiger partial charge in [-0.25, -0.2) is 4.99 Å². The van der Waals surface area contributed by atoms with Crippen LogP contribution in [0.25, 0.3) is 0 Å². The molecule has 0 unspecified atom stereocenters. The molecule has 3 rings (SSSR count). The van der Waals surface area contributed by atoms with E-state index in [0.717, 1.165) is 0 Å². The van der Waals surface area contributed by atoms with Crippen LogP contribution in [0.5, 0.6) is 5.75 Å². The van der Waals surface area contributed by atoms with Crippen molar-refractivity contribution in [3.8, 4) is 5.75 Å². The molecule has 2 aromatic rings. The van der Waals surface area contributed by atoms with Crippen LogP contribution in [-0.4, -0.2) is 34.4 Å². The summed E-state index contributed by atoms with van der Waals surface area (Å²) in [4.78, 5) is 18.9. The van der Waals surface area contributed by atoms with E-state index in [-0.39, 0.29) is 16.9 Å². The summed E-state index contributed by atoms with van der Waals surface area (Å²) in [5.74, 6) is -0.228. The van der Waals surface area contributed by atoms with Gasteiger partial charge in [0.1, 0.15) is 5.75 Å². The lowest BCUT2D eigenvalue weighted by Crippen LogP contribution is -2.32. The molecule has 1 aliphatic heterocycles. The van der Waals surface area contributed by atoms with Crippen molar-refractivity contribution in [3.63, 3.8) is 0 Å². The molecule has 1 heterocycles. The van der Waals surface area contributed by atoms with E-state index >= 15 is 0 Å². The predicted octanol–water partition coefficient (Wildman–Crippen LogP) is 5.21. The number of aliphatic imine (C=N–C) groups is 1. The van der Waals surface area contributed by atoms with Gasteiger partial charge in [0.15, 0.2) is 5.17 Å². The highest BCUT2D eigenvalue weighted by atomic mass is 35.5. The Morgan fingerprint density at radius 1 is 1.23 bits per heavy atom. The summed E-state index contributed by atoms with van der Waals surface area (Å²) < 4.78 is 28.8. The van der Waals surface area contributed by atoms with Crippen LogP contribution in [0.1, 0.15) is 17.3 Å². The number of carbonyl (C=O) groups is 1. The molecule has 1 aliphatic rings. The van der Waals surface area contributed by atoms with Gasteiger partial charge < -0.3 is 4.74 Å². The minimum Gasteiger partial charge on any atom is -0.435 e. The average molecular weight is 397 g/mol. The van der Waals surface area contributed by atoms with Crippen molar-refractivity contribution < 1.29 is 18.3 Å². The number of amidine groups is 1. The molecule has 1 atom stereocenters. The van der Waals surface area contributed by atoms with Crippen LogP contribution in [-0.2, 0) is 0 Å². The van der Waals surface area contributed by atoms with Crippen molar-refractivity contribution in [2.75, 3.05) is 6.54 Å². The number of carbonyl (C=O) groups excluding carboxylic acids is 1. The van der Waals surface area contributed by atoms with E-state index < -0.39 is 6.61 Å². The molecule has 2 aromatic carbocycles. The van der Waals surface area contributed by atoms with E-state index in [2.05, 4.69) is 9.73 Å². The zero-order chi connectivity index (χ0) is 18.7. The van der Waals surface area contributed by atoms with Crippen molar-refractivity contribution in [1.29, 1.82) is 0 Å². The summed E-state index contributed by atoms with van der Waals surface area (Å²) in [5.41, 5.74) is 1.08. The van der Waals surface area contributed by atoms with E-state index in [0.29, 0.717) is 28.0 Å². The third-order valence-corrected chi connectivity index (χ3v) is 4.93. The third kappa shape index (κ3) is 4.53. The molecule has 1 amide bonds. The maximum atomic E-state index is 12.8. The van der Waals surface area contributed by atoms with Gasteiger partial charge in [0.05, 0.1) is 5.69 Å². The Bertz CT molecular complexity index is 813. The Morgan fingerprint density at radius 2 is 1.88 bits per heavy atom. The fourth-order valence-corrected chi connectivity index (χ4v) is 3.59. The van der Waals surface area contributed by atoms with Crippen LogP contribution in [0, 0.1) is 0 Å². The van der Waals surface area contributed by atoms with Crippen molar-refractivity contribution in [3.05, 3.63) is 59.1 Å². The van der Waals surface area contributed by atoms with Gasteiger partial charge in [-0.15, -0.1) is 0 Å². The molecule has 0 aromatic heterocycles. The summed E-state index contributed by atoms with van der Waals surface area (Å²) in [6.45, 7) is -0.370. The summed E-state index contributed by atoms with van der Waals surface area (Å²) in [5, 5.41) is 1.41. The Kier molecular flexibility index (Phi) is 5.78. The molecule has 8 heteroatoms. The van der Waals surface area contributed by atoms with Crippen molar-refractivity contribution >= 4 is 40.1 Å². The minimum atomic E-state index is -2.90. The number of benzene rings is 2. The average Bonchev–Trinajstić information content (AvgIpc) is 2.97. The van der Waals surface area contributed by atoms with E-state index in [9.17, 15) is 13.6 Å². The summed E-state index contributed by atoms with van der Waals surface area (Å²) in [7, 11) is 0. The zero-order valence-electron chi connectivity index (χ0n) is 13.7. The fraction of sp³-hybridized carbons (Fsp3) is 0.222. The fourth-order valence-electron chi connectivity index (χ4n) is 2.43. The van der Waals surface area contributed by atoms with E-state index in [4.69, 9.17) is 11.6 Å². The first-order valence-electron chi connectivity index (χ1n) is 7.80. The monoisotopic (exact) mass is 396 g/mol. The van der Waals surface area contributed by atoms with Gasteiger partial charge in [-0.05, 0) is 48.5 Å². The molecule has 0 radical (unpaired) electrons. The topological polar surface area (TPSA) is 41.9 Å². The summed E-state index contributed by atoms with van der Waals surface area (Å²) >= 11 is 7.38. The lowest BCUT2D eigenvalue weighted by Gasteiger charge is -2.16. The van der Waals surface area contributed by atoms with Crippen LogP contribution in [0.15, 0.2) is 53.5 Å². The van der Waals surface area contributed by atoms with Crippen LogP contribution < -0.4 is 4.74 Å². The molecule has 1 fully saturated rings. The Balaban J connectivity index is 1.81. The first-order chi connectivity index (χ1) is 12.4. The number of hydrogen-bond donors (Lipinski definition) is 0. The number of halogens is 3. The minimum absolute atomic E-state index is 0.00997. The molecule has 4 nitrogen and oxygen atoms in total. The second-order valence-corrected chi connectivity index (χ2v) is 7.46. The predicted molar refractivity (Wildman–Crippen MR) is 99.7 cm³/mol. The SMILES string of the molecule is C[C@H]1CN(C(=O)c2ccc(OC(F)F)cc2)C(=Nc2ccc(Cl)cc2)S1. The van der Waals surface area contributed by atoms with Crippen LogP contribution in [0.3, 0.4) is 0 Å². The van der Waals surface area contributed by atoms with Crippen molar-refractivity contribution in [2.24, 2.45) is 4.99 Å². The Hall–Kier alpha value is -2.12. The Labute approximate surface area is 158 Å². The van der Waals surface area contributed by atoms with Crippen LogP contribution >= 0.6 is 23.4 Å². The molecule has 0 saturated carbocycles. The van der Waals surface area contributed by atoms with E-state index in [1.807, 2.05) is 6.92 Å². The quantitative estimate of drug-likeness (QED) is 0.712. The largest absolute Gasteiger partial charge is 0.435 e. The van der Waals surface area contributed by atoms with Crippen LogP contribution in [0.4, 0.5) is 14.5 Å². The van der Waals surface area contributed by atoms with Gasteiger partial charge in [-0.1, -0.05) is 30.3 Å². The molecule has 0 N–H and O–H groups in total. The number of rotatable bonds is 4. The van der Waals surface area contributed by atoms with Gasteiger partial charge in [0.2, 0.25) is 0 Å². The number of hydrogen-bond acceptors (Lipinski definition) is 4.